The minimum Gasteiger partial charge on any atom is -0.496 e. The zero-order chi connectivity index (χ0) is 26.8. The molecule has 38 heavy (non-hydrogen) atoms. The summed E-state index contributed by atoms with van der Waals surface area (Å²) in [6, 6.07) is 14.7. The maximum atomic E-state index is 13.8. The molecule has 1 saturated carbocycles. The second-order valence-corrected chi connectivity index (χ2v) is 10.3. The average Bonchev–Trinajstić information content (AvgIpc) is 2.93. The van der Waals surface area contributed by atoms with Crippen molar-refractivity contribution in [3.8, 4) is 5.75 Å². The number of rotatable bonds is 5. The third kappa shape index (κ3) is 5.13. The number of amides is 3. The van der Waals surface area contributed by atoms with Crippen molar-refractivity contribution in [2.45, 2.75) is 69.9 Å². The number of para-hydroxylation sites is 2. The number of likely N-dealkylation sites (tertiary alicyclic amines) is 1. The van der Waals surface area contributed by atoms with Crippen molar-refractivity contribution in [3.05, 3.63) is 59.7 Å². The smallest absolute Gasteiger partial charge is 0.421 e. The molecule has 3 unspecified atom stereocenters. The zero-order valence-electron chi connectivity index (χ0n) is 21.9. The van der Waals surface area contributed by atoms with Crippen molar-refractivity contribution in [2.24, 2.45) is 11.7 Å². The molecule has 3 atom stereocenters. The molecule has 9 nitrogen and oxygen atoms in total. The van der Waals surface area contributed by atoms with Gasteiger partial charge in [-0.1, -0.05) is 30.3 Å². The molecule has 3 aliphatic rings. The first kappa shape index (κ1) is 26.2. The summed E-state index contributed by atoms with van der Waals surface area (Å²) in [5, 5.41) is 0. The lowest BCUT2D eigenvalue weighted by atomic mass is 9.84. The Balaban J connectivity index is 1.42. The van der Waals surface area contributed by atoms with E-state index >= 15 is 0 Å². The molecule has 3 amide bonds. The molecule has 2 heterocycles. The fourth-order valence-electron chi connectivity index (χ4n) is 5.92. The van der Waals surface area contributed by atoms with E-state index in [-0.39, 0.29) is 24.0 Å². The van der Waals surface area contributed by atoms with Gasteiger partial charge in [0.15, 0.2) is 0 Å². The number of piperidine rings is 1. The number of ether oxygens (including phenoxy) is 3. The molecule has 2 aromatic rings. The van der Waals surface area contributed by atoms with Gasteiger partial charge in [0.05, 0.1) is 24.5 Å². The summed E-state index contributed by atoms with van der Waals surface area (Å²) in [6.07, 6.45) is 2.85. The van der Waals surface area contributed by atoms with E-state index in [1.165, 1.54) is 6.92 Å². The van der Waals surface area contributed by atoms with Crippen LogP contribution in [0.15, 0.2) is 48.5 Å². The lowest BCUT2D eigenvalue weighted by molar-refractivity contribution is -0.131. The van der Waals surface area contributed by atoms with Gasteiger partial charge in [-0.15, -0.1) is 0 Å². The molecule has 0 aromatic heterocycles. The standard InChI is InChI=1S/C29H35N3O6/c1-18(33)32-24-9-5-3-7-22(24)27(38-29(32)35)19-15-16-31(28(34)23-8-4-6-10-25(23)36-2)26(17-19)37-21-13-11-20(30)12-14-21/h3-10,19-21,26-27H,11-17,30H2,1-2H3. The molecule has 5 rings (SSSR count). The fourth-order valence-corrected chi connectivity index (χ4v) is 5.92. The Hall–Kier alpha value is -3.43. The Bertz CT molecular complexity index is 1190. The van der Waals surface area contributed by atoms with Crippen molar-refractivity contribution >= 4 is 23.6 Å². The van der Waals surface area contributed by atoms with Crippen LogP contribution in [-0.2, 0) is 14.3 Å². The fraction of sp³-hybridized carbons (Fsp3) is 0.483. The van der Waals surface area contributed by atoms with Gasteiger partial charge in [-0.25, -0.2) is 9.69 Å². The molecular weight excluding hydrogens is 486 g/mol. The van der Waals surface area contributed by atoms with Crippen molar-refractivity contribution in [1.29, 1.82) is 0 Å². The highest BCUT2D eigenvalue weighted by Crippen LogP contribution is 2.44. The van der Waals surface area contributed by atoms with E-state index in [1.54, 1.807) is 36.3 Å². The van der Waals surface area contributed by atoms with Gasteiger partial charge in [0.1, 0.15) is 18.1 Å². The number of benzene rings is 2. The number of carbonyl (C=O) groups excluding carboxylic acids is 3. The van der Waals surface area contributed by atoms with Gasteiger partial charge < -0.3 is 24.8 Å². The largest absolute Gasteiger partial charge is 0.496 e. The van der Waals surface area contributed by atoms with Gasteiger partial charge in [0.2, 0.25) is 5.91 Å². The Labute approximate surface area is 222 Å². The topological polar surface area (TPSA) is 111 Å². The minimum absolute atomic E-state index is 0.000848. The number of anilines is 1. The molecule has 2 aliphatic heterocycles. The number of nitrogens with zero attached hydrogens (tertiary/aromatic N) is 2. The van der Waals surface area contributed by atoms with E-state index in [0.717, 1.165) is 36.1 Å². The third-order valence-corrected chi connectivity index (χ3v) is 7.90. The second-order valence-electron chi connectivity index (χ2n) is 10.3. The molecule has 9 heteroatoms. The number of nitrogens with two attached hydrogens (primary N) is 1. The Morgan fingerprint density at radius 2 is 1.71 bits per heavy atom. The third-order valence-electron chi connectivity index (χ3n) is 7.90. The predicted molar refractivity (Wildman–Crippen MR) is 141 cm³/mol. The van der Waals surface area contributed by atoms with Gasteiger partial charge >= 0.3 is 6.09 Å². The van der Waals surface area contributed by atoms with Crippen LogP contribution < -0.4 is 15.4 Å². The molecule has 202 valence electrons. The average molecular weight is 522 g/mol. The first-order valence-corrected chi connectivity index (χ1v) is 13.3. The summed E-state index contributed by atoms with van der Waals surface area (Å²) in [5.74, 6) is -0.120. The van der Waals surface area contributed by atoms with Crippen molar-refractivity contribution < 1.29 is 28.6 Å². The van der Waals surface area contributed by atoms with Gasteiger partial charge in [0.25, 0.3) is 5.91 Å². The summed E-state index contributed by atoms with van der Waals surface area (Å²) in [7, 11) is 1.55. The van der Waals surface area contributed by atoms with E-state index in [4.69, 9.17) is 19.9 Å². The zero-order valence-corrected chi connectivity index (χ0v) is 21.9. The first-order valence-electron chi connectivity index (χ1n) is 13.3. The van der Waals surface area contributed by atoms with Crippen LogP contribution >= 0.6 is 0 Å². The van der Waals surface area contributed by atoms with E-state index in [2.05, 4.69) is 0 Å². The maximum absolute atomic E-state index is 13.8. The molecule has 1 aliphatic carbocycles. The normalized spacial score (nSPS) is 27.3. The number of carbonyl (C=O) groups is 3. The predicted octanol–water partition coefficient (Wildman–Crippen LogP) is 4.40. The number of fused-ring (bicyclic) bond motifs is 1. The Kier molecular flexibility index (Phi) is 7.67. The van der Waals surface area contributed by atoms with Crippen LogP contribution in [0.3, 0.4) is 0 Å². The monoisotopic (exact) mass is 521 g/mol. The van der Waals surface area contributed by atoms with Crippen molar-refractivity contribution in [3.63, 3.8) is 0 Å². The summed E-state index contributed by atoms with van der Waals surface area (Å²) in [5.41, 5.74) is 7.94. The molecule has 0 spiro atoms. The summed E-state index contributed by atoms with van der Waals surface area (Å²) >= 11 is 0. The lowest BCUT2D eigenvalue weighted by Crippen LogP contribution is -2.51. The molecular formula is C29H35N3O6. The van der Waals surface area contributed by atoms with Crippen LogP contribution in [0.5, 0.6) is 5.75 Å². The van der Waals surface area contributed by atoms with Gasteiger partial charge in [-0.3, -0.25) is 9.59 Å². The van der Waals surface area contributed by atoms with Gasteiger partial charge in [-0.05, 0) is 56.7 Å². The number of methoxy groups -OCH3 is 1. The second kappa shape index (κ2) is 11.1. The highest BCUT2D eigenvalue weighted by Gasteiger charge is 2.44. The van der Waals surface area contributed by atoms with Crippen LogP contribution in [0, 0.1) is 5.92 Å². The SMILES string of the molecule is COc1ccccc1C(=O)N1CCC(C2OC(=O)N(C(C)=O)c3ccccc32)CC1OC1CCC(N)CC1. The number of cyclic esters (lactones) is 1. The molecule has 2 aromatic carbocycles. The van der Waals surface area contributed by atoms with Crippen LogP contribution in [-0.4, -0.2) is 54.8 Å². The first-order chi connectivity index (χ1) is 18.4. The Morgan fingerprint density at radius 3 is 2.45 bits per heavy atom. The Morgan fingerprint density at radius 1 is 1.00 bits per heavy atom. The van der Waals surface area contributed by atoms with E-state index in [9.17, 15) is 14.4 Å². The van der Waals surface area contributed by atoms with Crippen molar-refractivity contribution in [1.82, 2.24) is 4.90 Å². The van der Waals surface area contributed by atoms with E-state index in [1.807, 2.05) is 24.3 Å². The molecule has 0 radical (unpaired) electrons. The van der Waals surface area contributed by atoms with Crippen LogP contribution in [0.1, 0.15) is 67.5 Å². The van der Waals surface area contributed by atoms with Gasteiger partial charge in [-0.2, -0.15) is 0 Å². The van der Waals surface area contributed by atoms with Crippen molar-refractivity contribution in [2.75, 3.05) is 18.6 Å². The summed E-state index contributed by atoms with van der Waals surface area (Å²) < 4.78 is 17.9. The molecule has 2 fully saturated rings. The highest BCUT2D eigenvalue weighted by atomic mass is 16.6. The highest BCUT2D eigenvalue weighted by molar-refractivity contribution is 6.12. The van der Waals surface area contributed by atoms with Gasteiger partial charge in [0, 0.05) is 31.0 Å². The lowest BCUT2D eigenvalue weighted by Gasteiger charge is -2.44. The minimum atomic E-state index is -0.674. The molecule has 2 N–H and O–H groups in total. The van der Waals surface area contributed by atoms with Crippen LogP contribution in [0.25, 0.3) is 0 Å². The number of hydrogen-bond acceptors (Lipinski definition) is 7. The van der Waals surface area contributed by atoms with Crippen LogP contribution in [0.4, 0.5) is 10.5 Å². The number of imide groups is 1. The molecule has 0 bridgehead atoms. The van der Waals surface area contributed by atoms with E-state index in [0.29, 0.717) is 36.4 Å². The summed E-state index contributed by atoms with van der Waals surface area (Å²) in [6.45, 7) is 1.78. The quantitative estimate of drug-likeness (QED) is 0.621. The summed E-state index contributed by atoms with van der Waals surface area (Å²) in [4.78, 5) is 41.7. The molecule has 1 saturated heterocycles. The van der Waals surface area contributed by atoms with Crippen LogP contribution in [0.2, 0.25) is 0 Å². The number of hydrogen-bond donors (Lipinski definition) is 1. The van der Waals surface area contributed by atoms with E-state index < -0.39 is 24.3 Å². The maximum Gasteiger partial charge on any atom is 0.421 e.